The third-order valence-corrected chi connectivity index (χ3v) is 4.69. The Balaban J connectivity index is 1.60. The molecule has 0 aliphatic carbocycles. The van der Waals surface area contributed by atoms with E-state index in [1.54, 1.807) is 24.9 Å². The lowest BCUT2D eigenvalue weighted by Crippen LogP contribution is -2.37. The van der Waals surface area contributed by atoms with E-state index in [2.05, 4.69) is 20.1 Å². The quantitative estimate of drug-likeness (QED) is 0.804. The number of hydrogen-bond donors (Lipinski definition) is 1. The van der Waals surface area contributed by atoms with Gasteiger partial charge in [0.25, 0.3) is 0 Å². The van der Waals surface area contributed by atoms with Crippen LogP contribution in [0.1, 0.15) is 0 Å². The Morgan fingerprint density at radius 1 is 1.39 bits per heavy atom. The molecule has 1 aromatic heterocycles. The van der Waals surface area contributed by atoms with Crippen molar-refractivity contribution in [3.8, 4) is 17.1 Å². The van der Waals surface area contributed by atoms with Gasteiger partial charge in [0.15, 0.2) is 5.82 Å². The summed E-state index contributed by atoms with van der Waals surface area (Å²) in [6, 6.07) is 5.44. The predicted molar refractivity (Wildman–Crippen MR) is 91.4 cm³/mol. The first kappa shape index (κ1) is 16.6. The second-order valence-electron chi connectivity index (χ2n) is 5.11. The van der Waals surface area contributed by atoms with Gasteiger partial charge in [0.2, 0.25) is 5.16 Å². The van der Waals surface area contributed by atoms with Gasteiger partial charge in [-0.05, 0) is 18.2 Å². The number of aromatic amines is 1. The summed E-state index contributed by atoms with van der Waals surface area (Å²) in [5, 5.41) is 8.59. The summed E-state index contributed by atoms with van der Waals surface area (Å²) in [6.07, 6.45) is 0. The molecule has 1 N–H and O–H groups in total. The molecule has 8 heteroatoms. The maximum absolute atomic E-state index is 6.06. The van der Waals surface area contributed by atoms with Crippen LogP contribution in [-0.4, -0.2) is 65.8 Å². The minimum atomic E-state index is 0.638. The fourth-order valence-corrected chi connectivity index (χ4v) is 3.36. The molecule has 2 heterocycles. The molecule has 1 saturated heterocycles. The van der Waals surface area contributed by atoms with Crippen molar-refractivity contribution in [2.24, 2.45) is 0 Å². The van der Waals surface area contributed by atoms with Gasteiger partial charge in [0, 0.05) is 30.4 Å². The Morgan fingerprint density at radius 2 is 2.22 bits per heavy atom. The second-order valence-corrected chi connectivity index (χ2v) is 6.61. The number of benzene rings is 1. The van der Waals surface area contributed by atoms with Crippen LogP contribution >= 0.6 is 23.4 Å². The van der Waals surface area contributed by atoms with Crippen molar-refractivity contribution < 1.29 is 9.47 Å². The fourth-order valence-electron chi connectivity index (χ4n) is 2.39. The average molecular weight is 355 g/mol. The first-order valence-corrected chi connectivity index (χ1v) is 8.82. The Bertz CT molecular complexity index is 646. The van der Waals surface area contributed by atoms with Crippen molar-refractivity contribution in [2.75, 3.05) is 45.7 Å². The molecule has 1 aliphatic rings. The highest BCUT2D eigenvalue weighted by Gasteiger charge is 2.13. The maximum atomic E-state index is 6.06. The standard InChI is InChI=1S/C15H19ClN4O2S/c1-21-13-3-2-11(16)10-12(13)14-17-15(19-18-14)23-9-6-20-4-7-22-8-5-20/h2-3,10H,4-9H2,1H3,(H,17,18,19). The van der Waals surface area contributed by atoms with Crippen molar-refractivity contribution in [2.45, 2.75) is 5.16 Å². The van der Waals surface area contributed by atoms with Crippen LogP contribution in [0.15, 0.2) is 23.4 Å². The average Bonchev–Trinajstić information content (AvgIpc) is 3.04. The number of methoxy groups -OCH3 is 1. The maximum Gasteiger partial charge on any atom is 0.208 e. The van der Waals surface area contributed by atoms with Gasteiger partial charge in [-0.3, -0.25) is 10.00 Å². The number of halogens is 1. The molecule has 1 fully saturated rings. The van der Waals surface area contributed by atoms with Gasteiger partial charge in [-0.15, -0.1) is 5.10 Å². The smallest absolute Gasteiger partial charge is 0.208 e. The molecule has 6 nitrogen and oxygen atoms in total. The first-order valence-electron chi connectivity index (χ1n) is 7.45. The topological polar surface area (TPSA) is 63.3 Å². The molecule has 124 valence electrons. The van der Waals surface area contributed by atoms with Crippen LogP contribution in [0.25, 0.3) is 11.4 Å². The van der Waals surface area contributed by atoms with E-state index in [1.165, 1.54) is 0 Å². The molecule has 0 radical (unpaired) electrons. The Morgan fingerprint density at radius 3 is 3.00 bits per heavy atom. The lowest BCUT2D eigenvalue weighted by Gasteiger charge is -2.25. The van der Waals surface area contributed by atoms with E-state index in [9.17, 15) is 0 Å². The number of thioether (sulfide) groups is 1. The first-order chi connectivity index (χ1) is 11.3. The number of nitrogens with zero attached hydrogens (tertiary/aromatic N) is 3. The number of morpholine rings is 1. The van der Waals surface area contributed by atoms with E-state index in [4.69, 9.17) is 21.1 Å². The normalized spacial score (nSPS) is 15.7. The number of nitrogens with one attached hydrogen (secondary N) is 1. The summed E-state index contributed by atoms with van der Waals surface area (Å²) in [5.41, 5.74) is 0.813. The molecular weight excluding hydrogens is 336 g/mol. The van der Waals surface area contributed by atoms with E-state index >= 15 is 0 Å². The summed E-state index contributed by atoms with van der Waals surface area (Å²) >= 11 is 7.70. The zero-order valence-electron chi connectivity index (χ0n) is 12.9. The molecule has 1 aliphatic heterocycles. The number of aromatic nitrogens is 3. The zero-order chi connectivity index (χ0) is 16.1. The molecule has 3 rings (SSSR count). The van der Waals surface area contributed by atoms with Crippen LogP contribution in [0.3, 0.4) is 0 Å². The Kier molecular flexibility index (Phi) is 5.77. The van der Waals surface area contributed by atoms with Crippen LogP contribution in [0.5, 0.6) is 5.75 Å². The van der Waals surface area contributed by atoms with E-state index < -0.39 is 0 Å². The second kappa shape index (κ2) is 8.01. The van der Waals surface area contributed by atoms with E-state index in [1.807, 2.05) is 12.1 Å². The number of ether oxygens (including phenoxy) is 2. The van der Waals surface area contributed by atoms with Crippen molar-refractivity contribution in [1.29, 1.82) is 0 Å². The summed E-state index contributed by atoms with van der Waals surface area (Å²) in [7, 11) is 1.63. The largest absolute Gasteiger partial charge is 0.496 e. The molecule has 0 bridgehead atoms. The highest BCUT2D eigenvalue weighted by Crippen LogP contribution is 2.31. The van der Waals surface area contributed by atoms with E-state index in [0.29, 0.717) is 10.8 Å². The summed E-state index contributed by atoms with van der Waals surface area (Å²) in [6.45, 7) is 4.66. The molecule has 0 saturated carbocycles. The molecule has 0 spiro atoms. The van der Waals surface area contributed by atoms with Gasteiger partial charge in [-0.25, -0.2) is 4.98 Å². The number of H-pyrrole nitrogens is 1. The minimum absolute atomic E-state index is 0.638. The summed E-state index contributed by atoms with van der Waals surface area (Å²) in [5.74, 6) is 2.33. The van der Waals surface area contributed by atoms with Crippen LogP contribution in [-0.2, 0) is 4.74 Å². The lowest BCUT2D eigenvalue weighted by molar-refractivity contribution is 0.0410. The van der Waals surface area contributed by atoms with Crippen LogP contribution in [0.2, 0.25) is 5.02 Å². The monoisotopic (exact) mass is 354 g/mol. The van der Waals surface area contributed by atoms with Gasteiger partial charge >= 0.3 is 0 Å². The lowest BCUT2D eigenvalue weighted by atomic mass is 10.2. The van der Waals surface area contributed by atoms with Gasteiger partial charge in [0.1, 0.15) is 5.75 Å². The van der Waals surface area contributed by atoms with E-state index in [0.717, 1.165) is 55.1 Å². The van der Waals surface area contributed by atoms with Crippen LogP contribution in [0, 0.1) is 0 Å². The minimum Gasteiger partial charge on any atom is -0.496 e. The van der Waals surface area contributed by atoms with Gasteiger partial charge < -0.3 is 9.47 Å². The Labute approximate surface area is 144 Å². The number of rotatable bonds is 6. The molecular formula is C15H19ClN4O2S. The van der Waals surface area contributed by atoms with Gasteiger partial charge in [0.05, 0.1) is 25.9 Å². The highest BCUT2D eigenvalue weighted by atomic mass is 35.5. The number of hydrogen-bond acceptors (Lipinski definition) is 6. The highest BCUT2D eigenvalue weighted by molar-refractivity contribution is 7.99. The van der Waals surface area contributed by atoms with Gasteiger partial charge in [-0.2, -0.15) is 0 Å². The SMILES string of the molecule is COc1ccc(Cl)cc1-c1nc(SCCN2CCOCC2)n[nH]1. The molecule has 1 aromatic carbocycles. The van der Waals surface area contributed by atoms with Crippen molar-refractivity contribution in [3.63, 3.8) is 0 Å². The summed E-state index contributed by atoms with van der Waals surface area (Å²) < 4.78 is 10.7. The molecule has 0 unspecified atom stereocenters. The molecule has 23 heavy (non-hydrogen) atoms. The zero-order valence-corrected chi connectivity index (χ0v) is 14.5. The Hall–Kier alpha value is -1.28. The fraction of sp³-hybridized carbons (Fsp3) is 0.467. The molecule has 2 aromatic rings. The van der Waals surface area contributed by atoms with Crippen LogP contribution in [0.4, 0.5) is 0 Å². The van der Waals surface area contributed by atoms with Crippen molar-refractivity contribution in [3.05, 3.63) is 23.2 Å². The molecule has 0 atom stereocenters. The third-order valence-electron chi connectivity index (χ3n) is 3.62. The van der Waals surface area contributed by atoms with E-state index in [-0.39, 0.29) is 0 Å². The molecule has 0 amide bonds. The van der Waals surface area contributed by atoms with Gasteiger partial charge in [-0.1, -0.05) is 23.4 Å². The predicted octanol–water partition coefficient (Wildman–Crippen LogP) is 2.56. The van der Waals surface area contributed by atoms with Crippen LogP contribution < -0.4 is 4.74 Å². The summed E-state index contributed by atoms with van der Waals surface area (Å²) in [4.78, 5) is 6.92. The third kappa shape index (κ3) is 4.38. The van der Waals surface area contributed by atoms with Crippen molar-refractivity contribution in [1.82, 2.24) is 20.1 Å². The van der Waals surface area contributed by atoms with Crippen molar-refractivity contribution >= 4 is 23.4 Å².